The molecular formula is C11H12FN3O. The van der Waals surface area contributed by atoms with Crippen molar-refractivity contribution in [1.82, 2.24) is 0 Å². The van der Waals surface area contributed by atoms with Gasteiger partial charge in [-0.2, -0.15) is 5.26 Å². The number of halogens is 1. The highest BCUT2D eigenvalue weighted by Gasteiger charge is 2.13. The third kappa shape index (κ3) is 2.78. The summed E-state index contributed by atoms with van der Waals surface area (Å²) in [5, 5.41) is 10.9. The van der Waals surface area contributed by atoms with Gasteiger partial charge < -0.3 is 11.1 Å². The summed E-state index contributed by atoms with van der Waals surface area (Å²) in [5.74, 6) is -1.08. The van der Waals surface area contributed by atoms with Crippen LogP contribution in [-0.4, -0.2) is 11.9 Å². The number of anilines is 1. The average Bonchev–Trinajstić information content (AvgIpc) is 2.30. The lowest BCUT2D eigenvalue weighted by Crippen LogP contribution is -2.35. The quantitative estimate of drug-likeness (QED) is 0.809. The fourth-order valence-electron chi connectivity index (χ4n) is 1.10. The standard InChI is InChI=1S/C11H12FN3O/c1-2-9(14)11(16)15-10-4-3-7(6-13)5-8(10)12/h3-5,9H,2,14H2,1H3,(H,15,16)/t9-/m1/s1. The van der Waals surface area contributed by atoms with E-state index in [-0.39, 0.29) is 11.3 Å². The molecule has 0 radical (unpaired) electrons. The van der Waals surface area contributed by atoms with E-state index in [1.54, 1.807) is 13.0 Å². The number of nitrogens with one attached hydrogen (secondary N) is 1. The number of hydrogen-bond acceptors (Lipinski definition) is 3. The number of carbonyl (C=O) groups excluding carboxylic acids is 1. The number of carbonyl (C=O) groups is 1. The lowest BCUT2D eigenvalue weighted by atomic mass is 10.2. The maximum atomic E-state index is 13.4. The first kappa shape index (κ1) is 12.1. The number of nitriles is 1. The highest BCUT2D eigenvalue weighted by Crippen LogP contribution is 2.15. The second kappa shape index (κ2) is 5.24. The molecule has 84 valence electrons. The summed E-state index contributed by atoms with van der Waals surface area (Å²) in [7, 11) is 0. The molecule has 1 amide bonds. The van der Waals surface area contributed by atoms with E-state index in [2.05, 4.69) is 5.32 Å². The Morgan fingerprint density at radius 1 is 1.69 bits per heavy atom. The molecule has 0 aromatic heterocycles. The van der Waals surface area contributed by atoms with Gasteiger partial charge in [-0.15, -0.1) is 0 Å². The summed E-state index contributed by atoms with van der Waals surface area (Å²) in [4.78, 5) is 11.4. The van der Waals surface area contributed by atoms with Crippen molar-refractivity contribution >= 4 is 11.6 Å². The van der Waals surface area contributed by atoms with Gasteiger partial charge in [0.05, 0.1) is 23.4 Å². The summed E-state index contributed by atoms with van der Waals surface area (Å²) < 4.78 is 13.4. The molecule has 0 fully saturated rings. The molecule has 1 aromatic carbocycles. The number of rotatable bonds is 3. The molecule has 16 heavy (non-hydrogen) atoms. The first-order chi connectivity index (χ1) is 7.58. The van der Waals surface area contributed by atoms with Gasteiger partial charge >= 0.3 is 0 Å². The van der Waals surface area contributed by atoms with Crippen molar-refractivity contribution in [3.63, 3.8) is 0 Å². The van der Waals surface area contributed by atoms with Crippen LogP contribution in [0.3, 0.4) is 0 Å². The zero-order chi connectivity index (χ0) is 12.1. The second-order valence-electron chi connectivity index (χ2n) is 3.31. The van der Waals surface area contributed by atoms with Gasteiger partial charge in [0.1, 0.15) is 5.82 Å². The van der Waals surface area contributed by atoms with Crippen molar-refractivity contribution in [2.45, 2.75) is 19.4 Å². The number of benzene rings is 1. The van der Waals surface area contributed by atoms with Crippen molar-refractivity contribution in [2.24, 2.45) is 5.73 Å². The third-order valence-electron chi connectivity index (χ3n) is 2.13. The molecule has 1 aromatic rings. The van der Waals surface area contributed by atoms with Gasteiger partial charge in [-0.25, -0.2) is 4.39 Å². The zero-order valence-corrected chi connectivity index (χ0v) is 8.83. The van der Waals surface area contributed by atoms with Crippen LogP contribution in [0.5, 0.6) is 0 Å². The zero-order valence-electron chi connectivity index (χ0n) is 8.83. The smallest absolute Gasteiger partial charge is 0.241 e. The number of hydrogen-bond donors (Lipinski definition) is 2. The third-order valence-corrected chi connectivity index (χ3v) is 2.13. The van der Waals surface area contributed by atoms with Crippen LogP contribution < -0.4 is 11.1 Å². The molecule has 0 saturated carbocycles. The minimum Gasteiger partial charge on any atom is -0.322 e. The Balaban J connectivity index is 2.83. The second-order valence-corrected chi connectivity index (χ2v) is 3.31. The Bertz CT molecular complexity index is 439. The summed E-state index contributed by atoms with van der Waals surface area (Å²) in [5.41, 5.74) is 5.72. The summed E-state index contributed by atoms with van der Waals surface area (Å²) >= 11 is 0. The molecular weight excluding hydrogens is 209 g/mol. The van der Waals surface area contributed by atoms with Crippen LogP contribution in [0.2, 0.25) is 0 Å². The van der Waals surface area contributed by atoms with Crippen LogP contribution >= 0.6 is 0 Å². The molecule has 0 aliphatic carbocycles. The van der Waals surface area contributed by atoms with Gasteiger partial charge in [-0.1, -0.05) is 6.92 Å². The van der Waals surface area contributed by atoms with E-state index in [4.69, 9.17) is 11.0 Å². The SMILES string of the molecule is CC[C@@H](N)C(=O)Nc1ccc(C#N)cc1F. The number of nitrogens with two attached hydrogens (primary N) is 1. The van der Waals surface area contributed by atoms with E-state index >= 15 is 0 Å². The number of amides is 1. The maximum Gasteiger partial charge on any atom is 0.241 e. The lowest BCUT2D eigenvalue weighted by molar-refractivity contribution is -0.117. The molecule has 0 heterocycles. The highest BCUT2D eigenvalue weighted by molar-refractivity contribution is 5.94. The molecule has 0 bridgehead atoms. The van der Waals surface area contributed by atoms with Crippen molar-refractivity contribution in [2.75, 3.05) is 5.32 Å². The molecule has 4 nitrogen and oxygen atoms in total. The van der Waals surface area contributed by atoms with Crippen molar-refractivity contribution in [3.05, 3.63) is 29.6 Å². The minimum atomic E-state index is -0.657. The lowest BCUT2D eigenvalue weighted by Gasteiger charge is -2.10. The van der Waals surface area contributed by atoms with Crippen LogP contribution in [0.1, 0.15) is 18.9 Å². The number of nitrogens with zero attached hydrogens (tertiary/aromatic N) is 1. The topological polar surface area (TPSA) is 78.9 Å². The first-order valence-electron chi connectivity index (χ1n) is 4.84. The molecule has 1 rings (SSSR count). The van der Waals surface area contributed by atoms with E-state index in [1.165, 1.54) is 12.1 Å². The van der Waals surface area contributed by atoms with Crippen LogP contribution in [0.4, 0.5) is 10.1 Å². The molecule has 3 N–H and O–H groups in total. The fourth-order valence-corrected chi connectivity index (χ4v) is 1.10. The van der Waals surface area contributed by atoms with Crippen LogP contribution in [-0.2, 0) is 4.79 Å². The van der Waals surface area contributed by atoms with Crippen LogP contribution in [0.25, 0.3) is 0 Å². The minimum absolute atomic E-state index is 0.0351. The van der Waals surface area contributed by atoms with Crippen molar-refractivity contribution in [3.8, 4) is 6.07 Å². The Labute approximate surface area is 92.9 Å². The Morgan fingerprint density at radius 2 is 2.38 bits per heavy atom. The van der Waals surface area contributed by atoms with E-state index < -0.39 is 17.8 Å². The summed E-state index contributed by atoms with van der Waals surface area (Å²) in [6.07, 6.45) is 0.476. The Morgan fingerprint density at radius 3 is 2.88 bits per heavy atom. The van der Waals surface area contributed by atoms with Gasteiger partial charge in [0.2, 0.25) is 5.91 Å². The summed E-state index contributed by atoms with van der Waals surface area (Å²) in [6.45, 7) is 1.76. The summed E-state index contributed by atoms with van der Waals surface area (Å²) in [6, 6.07) is 4.98. The van der Waals surface area contributed by atoms with Gasteiger partial charge in [-0.3, -0.25) is 4.79 Å². The highest BCUT2D eigenvalue weighted by atomic mass is 19.1. The molecule has 0 unspecified atom stereocenters. The molecule has 0 aliphatic heterocycles. The van der Waals surface area contributed by atoms with E-state index in [9.17, 15) is 9.18 Å². The predicted molar refractivity (Wildman–Crippen MR) is 58.0 cm³/mol. The van der Waals surface area contributed by atoms with Gasteiger partial charge in [0.15, 0.2) is 0 Å². The monoisotopic (exact) mass is 221 g/mol. The average molecular weight is 221 g/mol. The van der Waals surface area contributed by atoms with Crippen molar-refractivity contribution < 1.29 is 9.18 Å². The molecule has 0 saturated heterocycles. The normalized spacial score (nSPS) is 11.6. The predicted octanol–water partition coefficient (Wildman–Crippen LogP) is 1.37. The molecule has 0 spiro atoms. The molecule has 0 aliphatic rings. The van der Waals surface area contributed by atoms with Crippen LogP contribution in [0.15, 0.2) is 18.2 Å². The maximum absolute atomic E-state index is 13.4. The van der Waals surface area contributed by atoms with Gasteiger partial charge in [-0.05, 0) is 24.6 Å². The Kier molecular flexibility index (Phi) is 3.97. The van der Waals surface area contributed by atoms with Crippen LogP contribution in [0, 0.1) is 17.1 Å². The van der Waals surface area contributed by atoms with E-state index in [0.717, 1.165) is 6.07 Å². The fraction of sp³-hybridized carbons (Fsp3) is 0.273. The molecule has 1 atom stereocenters. The first-order valence-corrected chi connectivity index (χ1v) is 4.84. The largest absolute Gasteiger partial charge is 0.322 e. The van der Waals surface area contributed by atoms with E-state index in [0.29, 0.717) is 6.42 Å². The van der Waals surface area contributed by atoms with Gasteiger partial charge in [0.25, 0.3) is 0 Å². The van der Waals surface area contributed by atoms with Gasteiger partial charge in [0, 0.05) is 0 Å². The molecule has 5 heteroatoms. The van der Waals surface area contributed by atoms with E-state index in [1.807, 2.05) is 0 Å². The Hall–Kier alpha value is -1.93. The van der Waals surface area contributed by atoms with Crippen molar-refractivity contribution in [1.29, 1.82) is 5.26 Å².